The Kier molecular flexibility index (Phi) is 9.59. The number of likely N-dealkylation sites (tertiary alicyclic amines) is 1. The normalized spacial score (nSPS) is 15.6. The number of aromatic nitrogens is 1. The number of thioether (sulfide) groups is 1. The average molecular weight is 561 g/mol. The molecule has 2 heterocycles. The topological polar surface area (TPSA) is 61.7 Å². The van der Waals surface area contributed by atoms with Crippen molar-refractivity contribution in [1.82, 2.24) is 9.47 Å². The number of nitrogens with zero attached hydrogens (tertiary/aromatic N) is 2. The highest BCUT2D eigenvalue weighted by molar-refractivity contribution is 7.98. The molecule has 10 heteroatoms. The molecule has 210 valence electrons. The molecular weight excluding hydrogens is 525 g/mol. The van der Waals surface area contributed by atoms with Gasteiger partial charge in [0.2, 0.25) is 0 Å². The second kappa shape index (κ2) is 12.9. The van der Waals surface area contributed by atoms with E-state index >= 15 is 0 Å². The van der Waals surface area contributed by atoms with Gasteiger partial charge in [-0.3, -0.25) is 0 Å². The number of hydrogen-bond acceptors (Lipinski definition) is 6. The number of benzene rings is 2. The summed E-state index contributed by atoms with van der Waals surface area (Å²) in [6.07, 6.45) is -0.976. The number of anilines is 2. The Morgan fingerprint density at radius 1 is 1.15 bits per heavy atom. The van der Waals surface area contributed by atoms with E-state index in [1.807, 2.05) is 30.5 Å². The zero-order chi connectivity index (χ0) is 28.0. The minimum absolute atomic E-state index is 0.207. The summed E-state index contributed by atoms with van der Waals surface area (Å²) in [7, 11) is 1.59. The summed E-state index contributed by atoms with van der Waals surface area (Å²) >= 11 is 1.61. The van der Waals surface area contributed by atoms with E-state index < -0.39 is 12.7 Å². The zero-order valence-corrected chi connectivity index (χ0v) is 23.3. The second-order valence-electron chi connectivity index (χ2n) is 9.76. The van der Waals surface area contributed by atoms with Crippen molar-refractivity contribution in [2.45, 2.75) is 49.5 Å². The number of ether oxygens (including phenoxy) is 1. The summed E-state index contributed by atoms with van der Waals surface area (Å²) in [6.45, 7) is 3.30. The van der Waals surface area contributed by atoms with Crippen molar-refractivity contribution in [3.8, 4) is 17.6 Å². The SMILES string of the molecule is COc1cc(SC)ccc1NCC#Cc1cc2c(NC3CCN(CC(C)O)CC3)cccc2n1CC(F)(F)F. The highest BCUT2D eigenvalue weighted by Gasteiger charge is 2.30. The molecule has 4 rings (SSSR count). The Bertz CT molecular complexity index is 1320. The van der Waals surface area contributed by atoms with Gasteiger partial charge in [0, 0.05) is 41.6 Å². The van der Waals surface area contributed by atoms with E-state index in [1.165, 1.54) is 4.57 Å². The van der Waals surface area contributed by atoms with Crippen LogP contribution in [0.5, 0.6) is 5.75 Å². The van der Waals surface area contributed by atoms with Crippen LogP contribution in [0.3, 0.4) is 0 Å². The number of hydrogen-bond donors (Lipinski definition) is 3. The number of piperidine rings is 1. The summed E-state index contributed by atoms with van der Waals surface area (Å²) in [5.41, 5.74) is 2.39. The molecular formula is C29H35F3N4O2S. The Balaban J connectivity index is 1.54. The quantitative estimate of drug-likeness (QED) is 0.232. The third-order valence-corrected chi connectivity index (χ3v) is 7.47. The van der Waals surface area contributed by atoms with Crippen LogP contribution in [0.4, 0.5) is 24.5 Å². The Labute approximate surface area is 231 Å². The van der Waals surface area contributed by atoms with Crippen molar-refractivity contribution in [3.05, 3.63) is 48.2 Å². The summed E-state index contributed by atoms with van der Waals surface area (Å²) in [5, 5.41) is 17.1. The smallest absolute Gasteiger partial charge is 0.406 e. The maximum atomic E-state index is 13.5. The molecule has 1 unspecified atom stereocenters. The first-order valence-corrected chi connectivity index (χ1v) is 14.2. The van der Waals surface area contributed by atoms with E-state index in [-0.39, 0.29) is 18.7 Å². The largest absolute Gasteiger partial charge is 0.495 e. The molecule has 1 aliphatic heterocycles. The second-order valence-corrected chi connectivity index (χ2v) is 10.6. The number of alkyl halides is 3. The van der Waals surface area contributed by atoms with E-state index in [1.54, 1.807) is 44.0 Å². The van der Waals surface area contributed by atoms with Gasteiger partial charge < -0.3 is 29.9 Å². The molecule has 3 aromatic rings. The van der Waals surface area contributed by atoms with Crippen molar-refractivity contribution < 1.29 is 23.0 Å². The fraction of sp³-hybridized carbons (Fsp3) is 0.448. The lowest BCUT2D eigenvalue weighted by atomic mass is 10.0. The van der Waals surface area contributed by atoms with Crippen LogP contribution in [0.1, 0.15) is 25.5 Å². The van der Waals surface area contributed by atoms with Gasteiger partial charge in [-0.1, -0.05) is 12.0 Å². The molecule has 1 atom stereocenters. The van der Waals surface area contributed by atoms with Crippen LogP contribution in [0.25, 0.3) is 10.9 Å². The van der Waals surface area contributed by atoms with Crippen molar-refractivity contribution >= 4 is 34.0 Å². The molecule has 0 saturated carbocycles. The molecule has 1 aromatic heterocycles. The Morgan fingerprint density at radius 2 is 1.92 bits per heavy atom. The number of halogens is 3. The molecule has 1 fully saturated rings. The maximum absolute atomic E-state index is 13.5. The van der Waals surface area contributed by atoms with Gasteiger partial charge in [0.05, 0.1) is 36.7 Å². The lowest BCUT2D eigenvalue weighted by Crippen LogP contribution is -2.41. The first kappa shape index (κ1) is 29.0. The number of methoxy groups -OCH3 is 1. The molecule has 0 bridgehead atoms. The van der Waals surface area contributed by atoms with Gasteiger partial charge in [-0.15, -0.1) is 11.8 Å². The van der Waals surface area contributed by atoms with Crippen LogP contribution in [0.15, 0.2) is 47.4 Å². The molecule has 3 N–H and O–H groups in total. The number of aliphatic hydroxyl groups excluding tert-OH is 1. The van der Waals surface area contributed by atoms with Crippen molar-refractivity contribution in [1.29, 1.82) is 0 Å². The monoisotopic (exact) mass is 560 g/mol. The number of aliphatic hydroxyl groups is 1. The Hall–Kier alpha value is -3.00. The van der Waals surface area contributed by atoms with E-state index in [4.69, 9.17) is 4.74 Å². The molecule has 0 aliphatic carbocycles. The summed E-state index contributed by atoms with van der Waals surface area (Å²) in [6, 6.07) is 13.1. The average Bonchev–Trinajstić information content (AvgIpc) is 3.24. The molecule has 1 saturated heterocycles. The van der Waals surface area contributed by atoms with E-state index in [2.05, 4.69) is 27.4 Å². The predicted molar refractivity (Wildman–Crippen MR) is 153 cm³/mol. The van der Waals surface area contributed by atoms with Gasteiger partial charge in [-0.2, -0.15) is 13.2 Å². The highest BCUT2D eigenvalue weighted by Crippen LogP contribution is 2.32. The lowest BCUT2D eigenvalue weighted by Gasteiger charge is -2.33. The van der Waals surface area contributed by atoms with Crippen LogP contribution in [0, 0.1) is 11.8 Å². The van der Waals surface area contributed by atoms with E-state index in [0.717, 1.165) is 47.6 Å². The van der Waals surface area contributed by atoms with Gasteiger partial charge in [0.1, 0.15) is 12.3 Å². The molecule has 0 spiro atoms. The third-order valence-electron chi connectivity index (χ3n) is 6.75. The van der Waals surface area contributed by atoms with E-state index in [9.17, 15) is 18.3 Å². The minimum atomic E-state index is -4.38. The maximum Gasteiger partial charge on any atom is 0.406 e. The lowest BCUT2D eigenvalue weighted by molar-refractivity contribution is -0.140. The van der Waals surface area contributed by atoms with Crippen molar-refractivity contribution in [3.63, 3.8) is 0 Å². The molecule has 1 aliphatic rings. The van der Waals surface area contributed by atoms with Crippen LogP contribution in [-0.2, 0) is 6.54 Å². The van der Waals surface area contributed by atoms with E-state index in [0.29, 0.717) is 23.5 Å². The van der Waals surface area contributed by atoms with Crippen molar-refractivity contribution in [2.75, 3.05) is 50.2 Å². The first-order valence-electron chi connectivity index (χ1n) is 13.0. The highest BCUT2D eigenvalue weighted by atomic mass is 32.2. The van der Waals surface area contributed by atoms with Crippen LogP contribution < -0.4 is 15.4 Å². The first-order chi connectivity index (χ1) is 18.7. The van der Waals surface area contributed by atoms with Gasteiger partial charge in [-0.05, 0) is 68.3 Å². The van der Waals surface area contributed by atoms with Gasteiger partial charge >= 0.3 is 6.18 Å². The molecule has 39 heavy (non-hydrogen) atoms. The third kappa shape index (κ3) is 7.78. The van der Waals surface area contributed by atoms with Crippen LogP contribution >= 0.6 is 11.8 Å². The number of rotatable bonds is 9. The summed E-state index contributed by atoms with van der Waals surface area (Å²) < 4.78 is 47.3. The number of nitrogens with one attached hydrogen (secondary N) is 2. The summed E-state index contributed by atoms with van der Waals surface area (Å²) in [4.78, 5) is 3.30. The molecule has 0 radical (unpaired) electrons. The van der Waals surface area contributed by atoms with Gasteiger partial charge in [0.15, 0.2) is 0 Å². The van der Waals surface area contributed by atoms with Crippen LogP contribution in [0.2, 0.25) is 0 Å². The van der Waals surface area contributed by atoms with Crippen LogP contribution in [-0.4, -0.2) is 72.4 Å². The van der Waals surface area contributed by atoms with Gasteiger partial charge in [-0.25, -0.2) is 0 Å². The summed E-state index contributed by atoms with van der Waals surface area (Å²) in [5.74, 6) is 6.62. The predicted octanol–water partition coefficient (Wildman–Crippen LogP) is 5.65. The number of fused-ring (bicyclic) bond motifs is 1. The Morgan fingerprint density at radius 3 is 2.59 bits per heavy atom. The zero-order valence-electron chi connectivity index (χ0n) is 22.4. The number of β-amino-alcohol motifs (C(OH)–C–C–N with tert-alkyl or cyclic N) is 1. The minimum Gasteiger partial charge on any atom is -0.495 e. The molecule has 0 amide bonds. The standard InChI is InChI=1S/C29H35F3N4O2S/c1-20(37)18-35-14-11-21(12-15-35)34-25-7-4-8-27-24(25)16-22(36(27)19-29(30,31)32)6-5-13-33-26-10-9-23(39-3)17-28(26)38-2/h4,7-10,16-17,20-21,33-34,37H,11-15,18-19H2,1-3H3. The molecule has 6 nitrogen and oxygen atoms in total. The van der Waals surface area contributed by atoms with Crippen molar-refractivity contribution in [2.24, 2.45) is 0 Å². The fourth-order valence-electron chi connectivity index (χ4n) is 4.94. The molecule has 2 aromatic carbocycles. The fourth-order valence-corrected chi connectivity index (χ4v) is 5.36. The van der Waals surface area contributed by atoms with Gasteiger partial charge in [0.25, 0.3) is 0 Å².